The lowest BCUT2D eigenvalue weighted by Crippen LogP contribution is -2.43. The summed E-state index contributed by atoms with van der Waals surface area (Å²) in [5.74, 6) is -0.224. The van der Waals surface area contributed by atoms with Crippen molar-refractivity contribution in [2.24, 2.45) is 4.99 Å². The van der Waals surface area contributed by atoms with E-state index < -0.39 is 0 Å². The fourth-order valence-corrected chi connectivity index (χ4v) is 5.48. The van der Waals surface area contributed by atoms with Crippen molar-refractivity contribution in [2.45, 2.75) is 25.9 Å². The quantitative estimate of drug-likeness (QED) is 0.673. The van der Waals surface area contributed by atoms with E-state index in [-0.39, 0.29) is 11.5 Å². The van der Waals surface area contributed by atoms with Crippen molar-refractivity contribution in [1.82, 2.24) is 4.57 Å². The van der Waals surface area contributed by atoms with Crippen LogP contribution in [0.4, 0.5) is 11.4 Å². The van der Waals surface area contributed by atoms with Crippen LogP contribution in [-0.4, -0.2) is 17.1 Å². The summed E-state index contributed by atoms with van der Waals surface area (Å²) in [6.07, 6.45) is 3.48. The highest BCUT2D eigenvalue weighted by molar-refractivity contribution is 7.07. The average Bonchev–Trinajstić information content (AvgIpc) is 3.42. The van der Waals surface area contributed by atoms with Gasteiger partial charge in [0.15, 0.2) is 4.80 Å². The average molecular weight is 402 g/mol. The molecule has 0 saturated heterocycles. The highest BCUT2D eigenvalue weighted by atomic mass is 32.1. The number of amides is 1. The van der Waals surface area contributed by atoms with Gasteiger partial charge < -0.3 is 10.2 Å². The standard InChI is InChI=1S/C22H18N4O2S/c27-20-18(16-6-1-2-7-17(16)24-20)19-21(28)26-12-25(11-23-22(26)29-19)15-9-8-13-4-3-5-14(13)10-15/h1-2,6-10H,3-5,11-12H2,(H,24,27). The molecule has 3 aromatic rings. The highest BCUT2D eigenvalue weighted by Gasteiger charge is 2.27. The van der Waals surface area contributed by atoms with Gasteiger partial charge in [0.05, 0.1) is 5.57 Å². The Morgan fingerprint density at radius 1 is 1.03 bits per heavy atom. The molecule has 0 unspecified atom stereocenters. The van der Waals surface area contributed by atoms with Crippen LogP contribution in [0, 0.1) is 0 Å². The van der Waals surface area contributed by atoms with E-state index in [0.717, 1.165) is 29.8 Å². The summed E-state index contributed by atoms with van der Waals surface area (Å²) in [6, 6.07) is 14.0. The number of aryl methyl sites for hydroxylation is 2. The van der Waals surface area contributed by atoms with Gasteiger partial charge in [-0.25, -0.2) is 4.99 Å². The minimum Gasteiger partial charge on any atom is -0.334 e. The molecule has 3 heterocycles. The minimum absolute atomic E-state index is 0.151. The molecule has 1 aromatic heterocycles. The van der Waals surface area contributed by atoms with Crippen LogP contribution in [0.3, 0.4) is 0 Å². The first-order valence-electron chi connectivity index (χ1n) is 9.75. The molecule has 0 fully saturated rings. The third-order valence-electron chi connectivity index (χ3n) is 5.90. The molecule has 144 valence electrons. The van der Waals surface area contributed by atoms with Crippen molar-refractivity contribution in [1.29, 1.82) is 0 Å². The number of para-hydroxylation sites is 1. The van der Waals surface area contributed by atoms with Crippen molar-refractivity contribution in [3.05, 3.63) is 78.8 Å². The Morgan fingerprint density at radius 2 is 1.90 bits per heavy atom. The van der Waals surface area contributed by atoms with E-state index in [0.29, 0.717) is 28.2 Å². The van der Waals surface area contributed by atoms with Gasteiger partial charge in [-0.1, -0.05) is 35.6 Å². The van der Waals surface area contributed by atoms with Gasteiger partial charge in [-0.05, 0) is 48.6 Å². The molecular weight excluding hydrogens is 384 g/mol. The van der Waals surface area contributed by atoms with Crippen molar-refractivity contribution in [2.75, 3.05) is 16.9 Å². The normalized spacial score (nSPS) is 18.8. The first-order valence-corrected chi connectivity index (χ1v) is 10.6. The molecule has 3 aliphatic rings. The van der Waals surface area contributed by atoms with E-state index in [2.05, 4.69) is 33.4 Å². The Balaban J connectivity index is 1.45. The van der Waals surface area contributed by atoms with E-state index in [1.54, 1.807) is 4.57 Å². The molecule has 6 rings (SSSR count). The number of benzene rings is 2. The second kappa shape index (κ2) is 6.15. The van der Waals surface area contributed by atoms with Gasteiger partial charge >= 0.3 is 0 Å². The Hall–Kier alpha value is -3.19. The number of nitrogens with one attached hydrogen (secondary N) is 1. The second-order valence-electron chi connectivity index (χ2n) is 7.61. The lowest BCUT2D eigenvalue weighted by molar-refractivity contribution is -0.110. The summed E-state index contributed by atoms with van der Waals surface area (Å²) in [5.41, 5.74) is 5.76. The summed E-state index contributed by atoms with van der Waals surface area (Å²) in [4.78, 5) is 33.2. The van der Waals surface area contributed by atoms with Gasteiger partial charge in [0.25, 0.3) is 11.5 Å². The molecule has 1 aliphatic carbocycles. The third kappa shape index (κ3) is 2.50. The molecular formula is C22H18N4O2S. The SMILES string of the molecule is O=C1Nc2ccccc2C1=c1sc2n(c1=O)CN(c1ccc3c(c1)CCC3)CN=2. The number of carbonyl (C=O) groups excluding carboxylic acids is 1. The number of anilines is 2. The Bertz CT molecular complexity index is 1370. The predicted octanol–water partition coefficient (Wildman–Crippen LogP) is 1.60. The minimum atomic E-state index is -0.224. The monoisotopic (exact) mass is 402 g/mol. The largest absolute Gasteiger partial charge is 0.334 e. The maximum atomic E-state index is 13.2. The topological polar surface area (TPSA) is 66.7 Å². The first-order chi connectivity index (χ1) is 14.2. The van der Waals surface area contributed by atoms with Crippen LogP contribution >= 0.6 is 11.3 Å². The van der Waals surface area contributed by atoms with Crippen LogP contribution in [0.2, 0.25) is 0 Å². The lowest BCUT2D eigenvalue weighted by atomic mass is 10.1. The number of carbonyl (C=O) groups is 1. The molecule has 0 bridgehead atoms. The maximum Gasteiger partial charge on any atom is 0.272 e. The molecule has 1 N–H and O–H groups in total. The first kappa shape index (κ1) is 16.7. The van der Waals surface area contributed by atoms with Gasteiger partial charge in [0, 0.05) is 16.9 Å². The highest BCUT2D eigenvalue weighted by Crippen LogP contribution is 2.29. The van der Waals surface area contributed by atoms with Crippen LogP contribution < -0.4 is 25.1 Å². The molecule has 2 aromatic carbocycles. The molecule has 7 heteroatoms. The van der Waals surface area contributed by atoms with E-state index >= 15 is 0 Å². The lowest BCUT2D eigenvalue weighted by Gasteiger charge is -2.26. The molecule has 0 radical (unpaired) electrons. The third-order valence-corrected chi connectivity index (χ3v) is 7.01. The number of hydrogen-bond acceptors (Lipinski definition) is 5. The molecule has 2 aliphatic heterocycles. The molecule has 0 spiro atoms. The summed E-state index contributed by atoms with van der Waals surface area (Å²) in [7, 11) is 0. The number of nitrogens with zero attached hydrogens (tertiary/aromatic N) is 3. The van der Waals surface area contributed by atoms with E-state index in [4.69, 9.17) is 0 Å². The van der Waals surface area contributed by atoms with E-state index in [9.17, 15) is 9.59 Å². The van der Waals surface area contributed by atoms with Crippen LogP contribution in [0.15, 0.2) is 52.3 Å². The van der Waals surface area contributed by atoms with Crippen LogP contribution in [0.5, 0.6) is 0 Å². The zero-order valence-corrected chi connectivity index (χ0v) is 16.5. The van der Waals surface area contributed by atoms with Crippen molar-refractivity contribution in [3.8, 4) is 0 Å². The van der Waals surface area contributed by atoms with Crippen LogP contribution in [0.1, 0.15) is 23.1 Å². The number of hydrogen-bond donors (Lipinski definition) is 1. The Labute approximate surface area is 170 Å². The Morgan fingerprint density at radius 3 is 2.83 bits per heavy atom. The summed E-state index contributed by atoms with van der Waals surface area (Å²) in [6.45, 7) is 0.958. The molecule has 1 amide bonds. The summed E-state index contributed by atoms with van der Waals surface area (Å²) in [5, 5.41) is 2.85. The van der Waals surface area contributed by atoms with Gasteiger partial charge in [-0.2, -0.15) is 0 Å². The van der Waals surface area contributed by atoms with Gasteiger partial charge in [0.2, 0.25) is 0 Å². The van der Waals surface area contributed by atoms with Gasteiger partial charge in [0.1, 0.15) is 17.9 Å². The predicted molar refractivity (Wildman–Crippen MR) is 113 cm³/mol. The number of rotatable bonds is 1. The zero-order chi connectivity index (χ0) is 19.5. The van der Waals surface area contributed by atoms with Crippen molar-refractivity contribution >= 4 is 34.2 Å². The fourth-order valence-electron chi connectivity index (χ4n) is 4.42. The number of aromatic nitrogens is 1. The van der Waals surface area contributed by atoms with Crippen LogP contribution in [-0.2, 0) is 24.3 Å². The van der Waals surface area contributed by atoms with Gasteiger partial charge in [-0.15, -0.1) is 0 Å². The molecule has 0 saturated carbocycles. The summed E-state index contributed by atoms with van der Waals surface area (Å²) >= 11 is 1.30. The fraction of sp³-hybridized carbons (Fsp3) is 0.227. The molecule has 0 atom stereocenters. The van der Waals surface area contributed by atoms with Crippen molar-refractivity contribution in [3.63, 3.8) is 0 Å². The second-order valence-corrected chi connectivity index (χ2v) is 8.59. The van der Waals surface area contributed by atoms with Crippen molar-refractivity contribution < 1.29 is 4.79 Å². The number of fused-ring (bicyclic) bond motifs is 3. The van der Waals surface area contributed by atoms with Crippen LogP contribution in [0.25, 0.3) is 5.57 Å². The smallest absolute Gasteiger partial charge is 0.272 e. The van der Waals surface area contributed by atoms with Gasteiger partial charge in [-0.3, -0.25) is 14.2 Å². The zero-order valence-electron chi connectivity index (χ0n) is 15.6. The van der Waals surface area contributed by atoms with E-state index in [1.807, 2.05) is 24.3 Å². The molecule has 6 nitrogen and oxygen atoms in total. The van der Waals surface area contributed by atoms with E-state index in [1.165, 1.54) is 28.9 Å². The summed E-state index contributed by atoms with van der Waals surface area (Å²) < 4.78 is 2.14. The maximum absolute atomic E-state index is 13.2. The Kier molecular flexibility index (Phi) is 3.55. The number of thiazole rings is 1. The molecule has 29 heavy (non-hydrogen) atoms.